The molecule has 0 fully saturated rings. The Hall–Kier alpha value is -1.76. The lowest BCUT2D eigenvalue weighted by atomic mass is 10.2. The molecule has 2 N–H and O–H groups in total. The first-order valence-electron chi connectivity index (χ1n) is 6.92. The van der Waals surface area contributed by atoms with Crippen molar-refractivity contribution in [1.82, 2.24) is 9.97 Å². The normalized spacial score (nSPS) is 10.5. The molecule has 1 rings (SSSR count). The zero-order valence-electron chi connectivity index (χ0n) is 12.9. The zero-order valence-corrected chi connectivity index (χ0v) is 13.7. The molecule has 0 saturated heterocycles. The molecule has 0 unspecified atom stereocenters. The molecule has 0 aliphatic carbocycles. The monoisotopic (exact) mass is 310 g/mol. The fourth-order valence-corrected chi connectivity index (χ4v) is 1.91. The smallest absolute Gasteiger partial charge is 0.341 e. The van der Waals surface area contributed by atoms with Gasteiger partial charge in [-0.05, 0) is 27.7 Å². The standard InChI is InChI=1S/C14H22N4O2S/c1-5-20-13(19)11-8-16-14(17-10(11)4)18(9(2)3)7-6-12(15)21/h8-9H,5-7H2,1-4H3,(H2,15,21). The highest BCUT2D eigenvalue weighted by Gasteiger charge is 2.17. The van der Waals surface area contributed by atoms with Crippen LogP contribution in [-0.2, 0) is 4.74 Å². The van der Waals surface area contributed by atoms with Gasteiger partial charge in [-0.15, -0.1) is 0 Å². The molecule has 1 aromatic rings. The Kier molecular flexibility index (Phi) is 6.48. The van der Waals surface area contributed by atoms with E-state index in [2.05, 4.69) is 9.97 Å². The zero-order chi connectivity index (χ0) is 16.0. The van der Waals surface area contributed by atoms with Crippen molar-refractivity contribution in [3.63, 3.8) is 0 Å². The van der Waals surface area contributed by atoms with Gasteiger partial charge in [0.15, 0.2) is 0 Å². The first-order valence-corrected chi connectivity index (χ1v) is 7.33. The lowest BCUT2D eigenvalue weighted by Gasteiger charge is -2.26. The van der Waals surface area contributed by atoms with E-state index in [-0.39, 0.29) is 6.04 Å². The van der Waals surface area contributed by atoms with Gasteiger partial charge in [-0.25, -0.2) is 14.8 Å². The van der Waals surface area contributed by atoms with Crippen molar-refractivity contribution in [2.75, 3.05) is 18.1 Å². The molecule has 0 saturated carbocycles. The molecule has 1 aromatic heterocycles. The molecular weight excluding hydrogens is 288 g/mol. The molecule has 0 amide bonds. The van der Waals surface area contributed by atoms with Gasteiger partial charge in [-0.3, -0.25) is 0 Å². The minimum absolute atomic E-state index is 0.201. The van der Waals surface area contributed by atoms with Crippen molar-refractivity contribution in [2.24, 2.45) is 5.73 Å². The first-order chi connectivity index (χ1) is 9.86. The molecule has 0 radical (unpaired) electrons. The minimum atomic E-state index is -0.402. The van der Waals surface area contributed by atoms with Crippen LogP contribution in [0.3, 0.4) is 0 Å². The predicted octanol–water partition coefficient (Wildman–Crippen LogP) is 1.85. The average molecular weight is 310 g/mol. The summed E-state index contributed by atoms with van der Waals surface area (Å²) >= 11 is 4.91. The van der Waals surface area contributed by atoms with E-state index in [1.54, 1.807) is 13.8 Å². The minimum Gasteiger partial charge on any atom is -0.462 e. The molecular formula is C14H22N4O2S. The van der Waals surface area contributed by atoms with Crippen LogP contribution in [0.2, 0.25) is 0 Å². The summed E-state index contributed by atoms with van der Waals surface area (Å²) in [4.78, 5) is 22.9. The van der Waals surface area contributed by atoms with E-state index in [9.17, 15) is 4.79 Å². The van der Waals surface area contributed by atoms with Crippen LogP contribution >= 0.6 is 12.2 Å². The van der Waals surface area contributed by atoms with Gasteiger partial charge >= 0.3 is 5.97 Å². The summed E-state index contributed by atoms with van der Waals surface area (Å²) in [5.74, 6) is 0.160. The third kappa shape index (κ3) is 4.93. The second kappa shape index (κ2) is 7.87. The molecule has 0 spiro atoms. The van der Waals surface area contributed by atoms with Crippen molar-refractivity contribution in [2.45, 2.75) is 40.2 Å². The Bertz CT molecular complexity index is 520. The SMILES string of the molecule is CCOC(=O)c1cnc(N(CCC(N)=S)C(C)C)nc1C. The van der Waals surface area contributed by atoms with Crippen LogP contribution in [0.25, 0.3) is 0 Å². The van der Waals surface area contributed by atoms with Gasteiger partial charge in [0.05, 0.1) is 22.9 Å². The van der Waals surface area contributed by atoms with Gasteiger partial charge in [-0.1, -0.05) is 12.2 Å². The molecule has 0 aliphatic rings. The van der Waals surface area contributed by atoms with Gasteiger partial charge in [0.2, 0.25) is 5.95 Å². The number of nitrogens with zero attached hydrogens (tertiary/aromatic N) is 3. The van der Waals surface area contributed by atoms with Gasteiger partial charge in [0, 0.05) is 25.2 Å². The van der Waals surface area contributed by atoms with Gasteiger partial charge in [0.1, 0.15) is 0 Å². The average Bonchev–Trinajstić information content (AvgIpc) is 2.38. The lowest BCUT2D eigenvalue weighted by Crippen LogP contribution is -2.35. The van der Waals surface area contributed by atoms with Crippen molar-refractivity contribution in [1.29, 1.82) is 0 Å². The molecule has 0 aliphatic heterocycles. The number of carbonyl (C=O) groups excluding carboxylic acids is 1. The second-order valence-corrected chi connectivity index (χ2v) is 5.42. The van der Waals surface area contributed by atoms with E-state index < -0.39 is 5.97 Å². The van der Waals surface area contributed by atoms with E-state index in [0.717, 1.165) is 0 Å². The Balaban J connectivity index is 2.98. The highest BCUT2D eigenvalue weighted by molar-refractivity contribution is 7.80. The van der Waals surface area contributed by atoms with Gasteiger partial charge < -0.3 is 15.4 Å². The van der Waals surface area contributed by atoms with E-state index in [0.29, 0.717) is 41.8 Å². The quantitative estimate of drug-likeness (QED) is 0.608. The first kappa shape index (κ1) is 17.3. The van der Waals surface area contributed by atoms with E-state index in [4.69, 9.17) is 22.7 Å². The fourth-order valence-electron chi connectivity index (χ4n) is 1.82. The summed E-state index contributed by atoms with van der Waals surface area (Å²) in [6, 6.07) is 0.201. The molecule has 116 valence electrons. The molecule has 1 heterocycles. The molecule has 0 atom stereocenters. The van der Waals surface area contributed by atoms with Crippen molar-refractivity contribution >= 4 is 29.1 Å². The number of hydrogen-bond acceptors (Lipinski definition) is 6. The summed E-state index contributed by atoms with van der Waals surface area (Å²) in [5, 5.41) is 0. The van der Waals surface area contributed by atoms with Crippen LogP contribution in [0, 0.1) is 6.92 Å². The maximum atomic E-state index is 11.7. The topological polar surface area (TPSA) is 81.3 Å². The number of ether oxygens (including phenoxy) is 1. The molecule has 0 aromatic carbocycles. The second-order valence-electron chi connectivity index (χ2n) is 4.89. The fraction of sp³-hybridized carbons (Fsp3) is 0.571. The maximum absolute atomic E-state index is 11.7. The van der Waals surface area contributed by atoms with Crippen LogP contribution < -0.4 is 10.6 Å². The molecule has 21 heavy (non-hydrogen) atoms. The highest BCUT2D eigenvalue weighted by Crippen LogP contribution is 2.15. The Morgan fingerprint density at radius 3 is 2.67 bits per heavy atom. The van der Waals surface area contributed by atoms with E-state index in [1.807, 2.05) is 18.7 Å². The number of nitrogens with two attached hydrogens (primary N) is 1. The lowest BCUT2D eigenvalue weighted by molar-refractivity contribution is 0.0524. The Morgan fingerprint density at radius 2 is 2.19 bits per heavy atom. The molecule has 0 bridgehead atoms. The van der Waals surface area contributed by atoms with E-state index in [1.165, 1.54) is 6.20 Å². The number of hydrogen-bond donors (Lipinski definition) is 1. The Morgan fingerprint density at radius 1 is 1.52 bits per heavy atom. The van der Waals surface area contributed by atoms with Crippen molar-refractivity contribution in [3.8, 4) is 0 Å². The van der Waals surface area contributed by atoms with Crippen LogP contribution in [0.15, 0.2) is 6.20 Å². The number of rotatable bonds is 7. The summed E-state index contributed by atoms with van der Waals surface area (Å²) in [6.07, 6.45) is 2.10. The maximum Gasteiger partial charge on any atom is 0.341 e. The number of aryl methyl sites for hydroxylation is 1. The van der Waals surface area contributed by atoms with Crippen LogP contribution in [-0.4, -0.2) is 40.1 Å². The van der Waals surface area contributed by atoms with Gasteiger partial charge in [0.25, 0.3) is 0 Å². The van der Waals surface area contributed by atoms with Crippen LogP contribution in [0.4, 0.5) is 5.95 Å². The molecule has 6 nitrogen and oxygen atoms in total. The van der Waals surface area contributed by atoms with Crippen molar-refractivity contribution < 1.29 is 9.53 Å². The third-order valence-corrected chi connectivity index (χ3v) is 3.15. The number of carbonyl (C=O) groups is 1. The van der Waals surface area contributed by atoms with Crippen LogP contribution in [0.1, 0.15) is 43.2 Å². The molecule has 7 heteroatoms. The number of aromatic nitrogens is 2. The summed E-state index contributed by atoms with van der Waals surface area (Å²) in [6.45, 7) is 8.58. The number of thiocarbonyl (C=S) groups is 1. The number of anilines is 1. The summed E-state index contributed by atoms with van der Waals surface area (Å²) in [7, 11) is 0. The van der Waals surface area contributed by atoms with Crippen molar-refractivity contribution in [3.05, 3.63) is 17.5 Å². The largest absolute Gasteiger partial charge is 0.462 e. The number of esters is 1. The summed E-state index contributed by atoms with van der Waals surface area (Å²) in [5.41, 5.74) is 6.53. The third-order valence-electron chi connectivity index (χ3n) is 2.94. The Labute approximate surface area is 130 Å². The van der Waals surface area contributed by atoms with Crippen LogP contribution in [0.5, 0.6) is 0 Å². The summed E-state index contributed by atoms with van der Waals surface area (Å²) < 4.78 is 4.97. The van der Waals surface area contributed by atoms with E-state index >= 15 is 0 Å². The highest BCUT2D eigenvalue weighted by atomic mass is 32.1. The van der Waals surface area contributed by atoms with Gasteiger partial charge in [-0.2, -0.15) is 0 Å². The predicted molar refractivity (Wildman–Crippen MR) is 86.6 cm³/mol.